The van der Waals surface area contributed by atoms with Crippen LogP contribution in [0.25, 0.3) is 22.2 Å². The SMILES string of the molecule is CC(C)N(C[C@H]1O[C@@H](n2cnc3c(N)ncnc32)[C@@H](O)[C@H]1O)[C@H]1C[C@H](CCc2nc3cc(C4CC4)ccc3[nH]2)C1. The van der Waals surface area contributed by atoms with Crippen molar-refractivity contribution >= 4 is 28.0 Å². The summed E-state index contributed by atoms with van der Waals surface area (Å²) in [4.78, 5) is 23.3. The first kappa shape index (κ1) is 25.8. The van der Waals surface area contributed by atoms with Gasteiger partial charge in [0, 0.05) is 25.0 Å². The molecule has 1 aliphatic heterocycles. The summed E-state index contributed by atoms with van der Waals surface area (Å²) in [5, 5.41) is 21.8. The van der Waals surface area contributed by atoms with Gasteiger partial charge in [0.05, 0.1) is 17.4 Å². The number of nitrogens with two attached hydrogens (primary N) is 1. The van der Waals surface area contributed by atoms with Crippen molar-refractivity contribution in [1.82, 2.24) is 34.4 Å². The van der Waals surface area contributed by atoms with Gasteiger partial charge in [0.1, 0.15) is 36.0 Å². The molecule has 1 saturated heterocycles. The second-order valence-electron chi connectivity index (χ2n) is 12.2. The van der Waals surface area contributed by atoms with Gasteiger partial charge in [-0.2, -0.15) is 0 Å². The van der Waals surface area contributed by atoms with Crippen LogP contribution in [0.5, 0.6) is 0 Å². The van der Waals surface area contributed by atoms with Gasteiger partial charge in [0.15, 0.2) is 17.7 Å². The molecular weight excluding hydrogens is 508 g/mol. The number of ether oxygens (including phenoxy) is 1. The number of fused-ring (bicyclic) bond motifs is 2. The van der Waals surface area contributed by atoms with Crippen molar-refractivity contribution in [2.75, 3.05) is 12.3 Å². The van der Waals surface area contributed by atoms with Gasteiger partial charge in [-0.25, -0.2) is 19.9 Å². The smallest absolute Gasteiger partial charge is 0.167 e. The van der Waals surface area contributed by atoms with Crippen LogP contribution in [0, 0.1) is 5.92 Å². The first-order valence-electron chi connectivity index (χ1n) is 14.5. The van der Waals surface area contributed by atoms with E-state index in [1.807, 2.05) is 0 Å². The number of aromatic nitrogens is 6. The zero-order valence-corrected chi connectivity index (χ0v) is 23.0. The lowest BCUT2D eigenvalue weighted by atomic mass is 9.76. The van der Waals surface area contributed by atoms with Crippen molar-refractivity contribution in [1.29, 1.82) is 0 Å². The van der Waals surface area contributed by atoms with Gasteiger partial charge in [0.25, 0.3) is 0 Å². The average Bonchev–Trinajstić information content (AvgIpc) is 3.45. The Hall–Kier alpha value is -3.12. The van der Waals surface area contributed by atoms with Crippen LogP contribution in [0.15, 0.2) is 30.9 Å². The van der Waals surface area contributed by atoms with Crippen molar-refractivity contribution in [3.63, 3.8) is 0 Å². The number of nitrogen functional groups attached to an aromatic ring is 1. The molecule has 2 saturated carbocycles. The van der Waals surface area contributed by atoms with Crippen LogP contribution < -0.4 is 5.73 Å². The summed E-state index contributed by atoms with van der Waals surface area (Å²) in [6.07, 6.45) is 6.33. The third kappa shape index (κ3) is 4.64. The van der Waals surface area contributed by atoms with E-state index in [2.05, 4.69) is 56.9 Å². The van der Waals surface area contributed by atoms with E-state index in [1.54, 1.807) is 4.57 Å². The lowest BCUT2D eigenvalue weighted by Crippen LogP contribution is -2.52. The molecule has 0 unspecified atom stereocenters. The van der Waals surface area contributed by atoms with Crippen LogP contribution in [0.2, 0.25) is 0 Å². The molecule has 11 nitrogen and oxygen atoms in total. The van der Waals surface area contributed by atoms with Gasteiger partial charge in [-0.1, -0.05) is 6.07 Å². The van der Waals surface area contributed by atoms with Crippen LogP contribution in [-0.2, 0) is 11.2 Å². The molecule has 7 rings (SSSR count). The number of H-pyrrole nitrogens is 1. The summed E-state index contributed by atoms with van der Waals surface area (Å²) >= 11 is 0. The molecule has 4 atom stereocenters. The molecule has 0 amide bonds. The van der Waals surface area contributed by atoms with E-state index in [4.69, 9.17) is 15.5 Å². The average molecular weight is 547 g/mol. The summed E-state index contributed by atoms with van der Waals surface area (Å²) in [5.41, 5.74) is 10.5. The molecule has 4 heterocycles. The van der Waals surface area contributed by atoms with E-state index in [0.717, 1.165) is 48.5 Å². The third-order valence-electron chi connectivity index (χ3n) is 9.13. The Morgan fingerprint density at radius 1 is 1.15 bits per heavy atom. The molecule has 40 heavy (non-hydrogen) atoms. The number of hydrogen-bond donors (Lipinski definition) is 4. The van der Waals surface area contributed by atoms with E-state index in [0.29, 0.717) is 29.7 Å². The monoisotopic (exact) mass is 546 g/mol. The molecule has 3 aromatic heterocycles. The quantitative estimate of drug-likeness (QED) is 0.248. The molecule has 3 aliphatic rings. The van der Waals surface area contributed by atoms with E-state index in [-0.39, 0.29) is 11.9 Å². The van der Waals surface area contributed by atoms with Gasteiger partial charge >= 0.3 is 0 Å². The first-order chi connectivity index (χ1) is 19.4. The standard InChI is InChI=1S/C29H38N8O3/c1-15(2)36(12-22-25(38)26(39)29(40-22)37-14-33-24-27(30)31-13-32-28(24)37)19-9-16(10-19)3-8-23-34-20-7-6-18(17-4-5-17)11-21(20)35-23/h6-7,11,13-17,19,22,25-26,29,38-39H,3-5,8-10,12H2,1-2H3,(H,34,35)(H2,30,31,32)/t16-,19-,22-,25+,26+,29-/m1/s1. The van der Waals surface area contributed by atoms with Crippen LogP contribution in [0.3, 0.4) is 0 Å². The Bertz CT molecular complexity index is 1510. The molecule has 4 aromatic rings. The van der Waals surface area contributed by atoms with Crippen LogP contribution >= 0.6 is 0 Å². The second-order valence-corrected chi connectivity index (χ2v) is 12.2. The summed E-state index contributed by atoms with van der Waals surface area (Å²) in [5.74, 6) is 2.73. The number of imidazole rings is 2. The number of rotatable bonds is 9. The third-order valence-corrected chi connectivity index (χ3v) is 9.13. The Balaban J connectivity index is 0.959. The minimum absolute atomic E-state index is 0.266. The molecule has 0 radical (unpaired) electrons. The Morgan fingerprint density at radius 3 is 2.75 bits per heavy atom. The molecule has 1 aromatic carbocycles. The number of anilines is 1. The van der Waals surface area contributed by atoms with E-state index in [9.17, 15) is 10.2 Å². The van der Waals surface area contributed by atoms with E-state index >= 15 is 0 Å². The zero-order chi connectivity index (χ0) is 27.5. The summed E-state index contributed by atoms with van der Waals surface area (Å²) in [7, 11) is 0. The number of aromatic amines is 1. The number of nitrogens with zero attached hydrogens (tertiary/aromatic N) is 6. The van der Waals surface area contributed by atoms with Crippen LogP contribution in [0.1, 0.15) is 69.5 Å². The molecule has 0 spiro atoms. The fraction of sp³-hybridized carbons (Fsp3) is 0.586. The summed E-state index contributed by atoms with van der Waals surface area (Å²) < 4.78 is 7.86. The number of benzene rings is 1. The van der Waals surface area contributed by atoms with Crippen LogP contribution in [0.4, 0.5) is 5.82 Å². The highest BCUT2D eigenvalue weighted by molar-refractivity contribution is 5.81. The van der Waals surface area contributed by atoms with Crippen molar-refractivity contribution in [3.05, 3.63) is 42.2 Å². The lowest BCUT2D eigenvalue weighted by Gasteiger charge is -2.46. The topological polar surface area (TPSA) is 151 Å². The molecule has 0 bridgehead atoms. The van der Waals surface area contributed by atoms with Gasteiger partial charge in [-0.05, 0) is 75.5 Å². The Kier molecular flexibility index (Phi) is 6.49. The minimum Gasteiger partial charge on any atom is -0.387 e. The number of aliphatic hydroxyl groups excluding tert-OH is 2. The zero-order valence-electron chi connectivity index (χ0n) is 23.0. The summed E-state index contributed by atoms with van der Waals surface area (Å²) in [6.45, 7) is 4.90. The molecule has 212 valence electrons. The summed E-state index contributed by atoms with van der Waals surface area (Å²) in [6, 6.07) is 7.39. The Labute approximate surface area is 232 Å². The first-order valence-corrected chi connectivity index (χ1v) is 14.5. The maximum absolute atomic E-state index is 10.9. The number of aliphatic hydroxyl groups is 2. The number of aryl methyl sites for hydroxylation is 1. The van der Waals surface area contributed by atoms with E-state index in [1.165, 1.54) is 31.1 Å². The number of hydrogen-bond acceptors (Lipinski definition) is 9. The van der Waals surface area contributed by atoms with Gasteiger partial charge in [-0.15, -0.1) is 0 Å². The molecule has 3 fully saturated rings. The molecule has 5 N–H and O–H groups in total. The fourth-order valence-electron chi connectivity index (χ4n) is 6.57. The highest BCUT2D eigenvalue weighted by Crippen LogP contribution is 2.41. The van der Waals surface area contributed by atoms with Gasteiger partial charge < -0.3 is 25.7 Å². The maximum Gasteiger partial charge on any atom is 0.167 e. The number of nitrogens with one attached hydrogen (secondary N) is 1. The maximum atomic E-state index is 10.9. The van der Waals surface area contributed by atoms with Crippen molar-refractivity contribution in [2.24, 2.45) is 5.92 Å². The van der Waals surface area contributed by atoms with Crippen LogP contribution in [-0.4, -0.2) is 81.5 Å². The highest BCUT2D eigenvalue weighted by atomic mass is 16.6. The predicted octanol–water partition coefficient (Wildman–Crippen LogP) is 2.90. The Morgan fingerprint density at radius 2 is 1.98 bits per heavy atom. The molecule has 11 heteroatoms. The lowest BCUT2D eigenvalue weighted by molar-refractivity contribution is -0.0620. The highest BCUT2D eigenvalue weighted by Gasteiger charge is 2.46. The van der Waals surface area contributed by atoms with Gasteiger partial charge in [-0.3, -0.25) is 9.47 Å². The fourth-order valence-corrected chi connectivity index (χ4v) is 6.57. The normalized spacial score (nSPS) is 28.8. The molecular formula is C29H38N8O3. The largest absolute Gasteiger partial charge is 0.387 e. The van der Waals surface area contributed by atoms with Gasteiger partial charge in [0.2, 0.25) is 0 Å². The second kappa shape index (κ2) is 10.1. The van der Waals surface area contributed by atoms with Crippen molar-refractivity contribution in [3.8, 4) is 0 Å². The minimum atomic E-state index is -1.11. The molecule has 2 aliphatic carbocycles. The van der Waals surface area contributed by atoms with Crippen molar-refractivity contribution in [2.45, 2.75) is 94.9 Å². The van der Waals surface area contributed by atoms with Crippen molar-refractivity contribution < 1.29 is 14.9 Å². The van der Waals surface area contributed by atoms with E-state index < -0.39 is 24.5 Å². The predicted molar refractivity (Wildman–Crippen MR) is 150 cm³/mol.